The molecular formula is C12H15Cl2N3O. The van der Waals surface area contributed by atoms with E-state index in [1.165, 1.54) is 12.8 Å². The molecule has 1 aliphatic carbocycles. The van der Waals surface area contributed by atoms with Crippen LogP contribution in [0.15, 0.2) is 22.7 Å². The normalized spacial score (nSPS) is 13.6. The quantitative estimate of drug-likeness (QED) is 0.920. The third-order valence-corrected chi connectivity index (χ3v) is 2.80. The number of hydrogen-bond donors (Lipinski definition) is 1. The van der Waals surface area contributed by atoms with Crippen molar-refractivity contribution in [3.8, 4) is 11.6 Å². The summed E-state index contributed by atoms with van der Waals surface area (Å²) in [5.74, 6) is 2.11. The maximum atomic E-state index is 5.63. The first-order chi connectivity index (χ1) is 7.74. The summed E-state index contributed by atoms with van der Waals surface area (Å²) in [5, 5.41) is 0. The average molecular weight is 288 g/mol. The van der Waals surface area contributed by atoms with E-state index in [9.17, 15) is 0 Å². The first kappa shape index (κ1) is 14.8. The number of aromatic nitrogens is 2. The Morgan fingerprint density at radius 1 is 1.28 bits per heavy atom. The number of nitrogens with zero attached hydrogens (tertiary/aromatic N) is 2. The Labute approximate surface area is 118 Å². The summed E-state index contributed by atoms with van der Waals surface area (Å²) in [4.78, 5) is 8.70. The van der Waals surface area contributed by atoms with Crippen LogP contribution < -0.4 is 5.73 Å². The predicted molar refractivity (Wildman–Crippen MR) is 75.4 cm³/mol. The van der Waals surface area contributed by atoms with Gasteiger partial charge in [0.15, 0.2) is 0 Å². The maximum absolute atomic E-state index is 5.63. The van der Waals surface area contributed by atoms with E-state index in [-0.39, 0.29) is 24.8 Å². The smallest absolute Gasteiger partial charge is 0.245 e. The SMILES string of the molecule is Cc1oc(-c2ccc(N)cn2)nc1C1CC1.Cl.Cl. The summed E-state index contributed by atoms with van der Waals surface area (Å²) in [5.41, 5.74) is 8.06. The third-order valence-electron chi connectivity index (χ3n) is 2.80. The molecule has 2 N–H and O–H groups in total. The Bertz CT molecular complexity index is 521. The van der Waals surface area contributed by atoms with E-state index in [1.54, 1.807) is 12.3 Å². The van der Waals surface area contributed by atoms with Gasteiger partial charge >= 0.3 is 0 Å². The van der Waals surface area contributed by atoms with E-state index in [2.05, 4.69) is 9.97 Å². The summed E-state index contributed by atoms with van der Waals surface area (Å²) in [6, 6.07) is 3.63. The van der Waals surface area contributed by atoms with E-state index < -0.39 is 0 Å². The van der Waals surface area contributed by atoms with Crippen LogP contribution in [0.1, 0.15) is 30.2 Å². The van der Waals surface area contributed by atoms with Gasteiger partial charge in [-0.15, -0.1) is 24.8 Å². The van der Waals surface area contributed by atoms with Crippen LogP contribution in [-0.2, 0) is 0 Å². The highest BCUT2D eigenvalue weighted by molar-refractivity contribution is 5.85. The molecule has 1 fully saturated rings. The van der Waals surface area contributed by atoms with Crippen molar-refractivity contribution in [2.75, 3.05) is 5.73 Å². The van der Waals surface area contributed by atoms with Crippen LogP contribution in [0.3, 0.4) is 0 Å². The van der Waals surface area contributed by atoms with E-state index in [0.717, 1.165) is 17.1 Å². The van der Waals surface area contributed by atoms with Gasteiger partial charge in [-0.2, -0.15) is 0 Å². The number of aryl methyl sites for hydroxylation is 1. The fourth-order valence-electron chi connectivity index (χ4n) is 1.79. The van der Waals surface area contributed by atoms with Crippen molar-refractivity contribution in [1.82, 2.24) is 9.97 Å². The Kier molecular flexibility index (Phi) is 4.59. The molecule has 0 saturated heterocycles. The van der Waals surface area contributed by atoms with Crippen molar-refractivity contribution >= 4 is 30.5 Å². The van der Waals surface area contributed by atoms with Gasteiger partial charge < -0.3 is 10.2 Å². The first-order valence-electron chi connectivity index (χ1n) is 5.43. The molecule has 0 amide bonds. The van der Waals surface area contributed by atoms with Gasteiger partial charge in [-0.1, -0.05) is 0 Å². The first-order valence-corrected chi connectivity index (χ1v) is 5.43. The van der Waals surface area contributed by atoms with Crippen LogP contribution in [-0.4, -0.2) is 9.97 Å². The lowest BCUT2D eigenvalue weighted by molar-refractivity contribution is 0.537. The number of hydrogen-bond acceptors (Lipinski definition) is 4. The molecule has 2 aromatic heterocycles. The van der Waals surface area contributed by atoms with E-state index >= 15 is 0 Å². The summed E-state index contributed by atoms with van der Waals surface area (Å²) in [6.45, 7) is 1.96. The van der Waals surface area contributed by atoms with Crippen molar-refractivity contribution < 1.29 is 4.42 Å². The molecule has 0 spiro atoms. The molecule has 1 saturated carbocycles. The molecule has 0 radical (unpaired) electrons. The van der Waals surface area contributed by atoms with Crippen LogP contribution >= 0.6 is 24.8 Å². The minimum absolute atomic E-state index is 0. The second-order valence-electron chi connectivity index (χ2n) is 4.21. The zero-order valence-corrected chi connectivity index (χ0v) is 11.6. The number of rotatable bonds is 2. The highest BCUT2D eigenvalue weighted by Gasteiger charge is 2.29. The Balaban J connectivity index is 0.000000810. The summed E-state index contributed by atoms with van der Waals surface area (Å²) >= 11 is 0. The molecule has 1 aliphatic rings. The van der Waals surface area contributed by atoms with Crippen molar-refractivity contribution in [3.63, 3.8) is 0 Å². The third kappa shape index (κ3) is 2.76. The van der Waals surface area contributed by atoms with Gasteiger partial charge in [0.05, 0.1) is 17.6 Å². The molecule has 18 heavy (non-hydrogen) atoms. The second-order valence-corrected chi connectivity index (χ2v) is 4.21. The largest absolute Gasteiger partial charge is 0.440 e. The monoisotopic (exact) mass is 287 g/mol. The van der Waals surface area contributed by atoms with Crippen LogP contribution in [0.4, 0.5) is 5.69 Å². The molecule has 2 aromatic rings. The molecule has 0 unspecified atom stereocenters. The molecular weight excluding hydrogens is 273 g/mol. The van der Waals surface area contributed by atoms with Crippen LogP contribution in [0.2, 0.25) is 0 Å². The number of anilines is 1. The van der Waals surface area contributed by atoms with Gasteiger partial charge in [-0.3, -0.25) is 0 Å². The van der Waals surface area contributed by atoms with E-state index in [4.69, 9.17) is 10.2 Å². The number of nitrogen functional groups attached to an aromatic ring is 1. The number of nitrogens with two attached hydrogens (primary N) is 1. The van der Waals surface area contributed by atoms with E-state index in [1.807, 2.05) is 13.0 Å². The zero-order chi connectivity index (χ0) is 11.1. The van der Waals surface area contributed by atoms with E-state index in [0.29, 0.717) is 17.5 Å². The van der Waals surface area contributed by atoms with Gasteiger partial charge in [-0.05, 0) is 31.9 Å². The van der Waals surface area contributed by atoms with Gasteiger partial charge in [0, 0.05) is 5.92 Å². The minimum Gasteiger partial charge on any atom is -0.440 e. The summed E-state index contributed by atoms with van der Waals surface area (Å²) < 4.78 is 5.63. The van der Waals surface area contributed by atoms with Crippen LogP contribution in [0, 0.1) is 6.92 Å². The van der Waals surface area contributed by atoms with Crippen molar-refractivity contribution in [3.05, 3.63) is 29.8 Å². The molecule has 2 heterocycles. The Morgan fingerprint density at radius 3 is 2.56 bits per heavy atom. The average Bonchev–Trinajstić information content (AvgIpc) is 3.04. The van der Waals surface area contributed by atoms with Crippen molar-refractivity contribution in [2.24, 2.45) is 0 Å². The maximum Gasteiger partial charge on any atom is 0.245 e. The Hall–Kier alpha value is -1.26. The lowest BCUT2D eigenvalue weighted by Gasteiger charge is -1.94. The van der Waals surface area contributed by atoms with Gasteiger partial charge in [0.1, 0.15) is 11.5 Å². The Morgan fingerprint density at radius 2 is 2.00 bits per heavy atom. The van der Waals surface area contributed by atoms with Gasteiger partial charge in [-0.25, -0.2) is 9.97 Å². The predicted octanol–water partition coefficient (Wildman–Crippen LogP) is 3.35. The van der Waals surface area contributed by atoms with Gasteiger partial charge in [0.2, 0.25) is 5.89 Å². The zero-order valence-electron chi connectivity index (χ0n) is 9.92. The molecule has 98 valence electrons. The molecule has 0 aliphatic heterocycles. The second kappa shape index (κ2) is 5.59. The fourth-order valence-corrected chi connectivity index (χ4v) is 1.79. The van der Waals surface area contributed by atoms with Crippen LogP contribution in [0.5, 0.6) is 0 Å². The molecule has 3 rings (SSSR count). The van der Waals surface area contributed by atoms with Crippen LogP contribution in [0.25, 0.3) is 11.6 Å². The highest BCUT2D eigenvalue weighted by Crippen LogP contribution is 2.41. The number of oxazole rings is 1. The lowest BCUT2D eigenvalue weighted by atomic mass is 10.2. The molecule has 4 nitrogen and oxygen atoms in total. The molecule has 0 atom stereocenters. The summed E-state index contributed by atoms with van der Waals surface area (Å²) in [6.07, 6.45) is 4.07. The number of halogens is 2. The molecule has 0 bridgehead atoms. The standard InChI is InChI=1S/C12H13N3O.2ClH/c1-7-11(8-2-3-8)15-12(16-7)10-5-4-9(13)6-14-10;;/h4-6,8H,2-3,13H2,1H3;2*1H. The van der Waals surface area contributed by atoms with Gasteiger partial charge in [0.25, 0.3) is 0 Å². The van der Waals surface area contributed by atoms with Crippen molar-refractivity contribution in [2.45, 2.75) is 25.7 Å². The fraction of sp³-hybridized carbons (Fsp3) is 0.333. The summed E-state index contributed by atoms with van der Waals surface area (Å²) in [7, 11) is 0. The molecule has 6 heteroatoms. The minimum atomic E-state index is 0. The highest BCUT2D eigenvalue weighted by atomic mass is 35.5. The van der Waals surface area contributed by atoms with Crippen molar-refractivity contribution in [1.29, 1.82) is 0 Å². The lowest BCUT2D eigenvalue weighted by Crippen LogP contribution is -1.88. The topological polar surface area (TPSA) is 64.9 Å². The molecule has 0 aromatic carbocycles. The number of pyridine rings is 1.